The molecule has 1 fully saturated rings. The number of rotatable bonds is 5. The summed E-state index contributed by atoms with van der Waals surface area (Å²) in [6.07, 6.45) is 0.974. The Kier molecular flexibility index (Phi) is 5.55. The Bertz CT molecular complexity index is 882. The maximum Gasteiger partial charge on any atom is 0.243 e. The molecule has 1 amide bonds. The van der Waals surface area contributed by atoms with Gasteiger partial charge < -0.3 is 5.32 Å². The molecule has 1 N–H and O–H groups in total. The molecule has 1 aromatic carbocycles. The number of nitrogens with one attached hydrogen (secondary N) is 1. The second-order valence-corrected chi connectivity index (χ2v) is 8.98. The van der Waals surface area contributed by atoms with E-state index >= 15 is 0 Å². The van der Waals surface area contributed by atoms with Crippen LogP contribution in [0.15, 0.2) is 46.0 Å². The monoisotopic (exact) mass is 392 g/mol. The minimum Gasteiger partial charge on any atom is -0.325 e. The summed E-state index contributed by atoms with van der Waals surface area (Å²) < 4.78 is 26.9. The van der Waals surface area contributed by atoms with Crippen LogP contribution in [0.4, 0.5) is 5.69 Å². The van der Waals surface area contributed by atoms with Crippen LogP contribution in [-0.2, 0) is 14.8 Å². The van der Waals surface area contributed by atoms with Crippen LogP contribution in [0.25, 0.3) is 0 Å². The maximum absolute atomic E-state index is 12.7. The van der Waals surface area contributed by atoms with Gasteiger partial charge in [0.05, 0.1) is 10.6 Å². The Balaban J connectivity index is 1.63. The lowest BCUT2D eigenvalue weighted by Gasteiger charge is -2.30. The van der Waals surface area contributed by atoms with E-state index in [9.17, 15) is 18.0 Å². The van der Waals surface area contributed by atoms with Gasteiger partial charge in [-0.15, -0.1) is 0 Å². The maximum atomic E-state index is 12.7. The third kappa shape index (κ3) is 4.03. The first-order valence-electron chi connectivity index (χ1n) is 8.32. The average Bonchev–Trinajstić information content (AvgIpc) is 3.15. The molecule has 3 rings (SSSR count). The predicted octanol–water partition coefficient (Wildman–Crippen LogP) is 2.99. The van der Waals surface area contributed by atoms with Crippen LogP contribution in [0, 0.1) is 5.92 Å². The first-order chi connectivity index (χ1) is 12.4. The van der Waals surface area contributed by atoms with Crippen LogP contribution in [-0.4, -0.2) is 37.5 Å². The molecule has 2 heterocycles. The zero-order valence-electron chi connectivity index (χ0n) is 14.3. The topological polar surface area (TPSA) is 83.6 Å². The van der Waals surface area contributed by atoms with Crippen molar-refractivity contribution in [2.45, 2.75) is 24.7 Å². The van der Waals surface area contributed by atoms with Gasteiger partial charge in [0.15, 0.2) is 5.78 Å². The number of benzene rings is 1. The summed E-state index contributed by atoms with van der Waals surface area (Å²) in [7, 11) is -3.61. The number of sulfonamides is 1. The number of hydrogen-bond acceptors (Lipinski definition) is 5. The molecular formula is C18H20N2O4S2. The number of carbonyl (C=O) groups excluding carboxylic acids is 2. The highest BCUT2D eigenvalue weighted by Crippen LogP contribution is 2.25. The molecule has 1 saturated heterocycles. The molecule has 1 aliphatic heterocycles. The quantitative estimate of drug-likeness (QED) is 0.793. The van der Waals surface area contributed by atoms with Gasteiger partial charge in [-0.05, 0) is 43.3 Å². The molecule has 6 nitrogen and oxygen atoms in total. The van der Waals surface area contributed by atoms with Crippen molar-refractivity contribution in [2.75, 3.05) is 18.4 Å². The van der Waals surface area contributed by atoms with E-state index in [2.05, 4.69) is 5.32 Å². The zero-order chi connectivity index (χ0) is 18.7. The molecule has 0 radical (unpaired) electrons. The van der Waals surface area contributed by atoms with Crippen LogP contribution in [0.3, 0.4) is 0 Å². The van der Waals surface area contributed by atoms with Gasteiger partial charge in [-0.3, -0.25) is 9.59 Å². The van der Waals surface area contributed by atoms with Gasteiger partial charge in [-0.2, -0.15) is 15.6 Å². The summed E-state index contributed by atoms with van der Waals surface area (Å²) in [5, 5.41) is 6.62. The Morgan fingerprint density at radius 1 is 1.12 bits per heavy atom. The highest BCUT2D eigenvalue weighted by atomic mass is 32.2. The number of piperidine rings is 1. The summed E-state index contributed by atoms with van der Waals surface area (Å²) in [6.45, 7) is 2.05. The molecule has 0 atom stereocenters. The number of nitrogens with zero attached hydrogens (tertiary/aromatic N) is 1. The van der Waals surface area contributed by atoms with Crippen molar-refractivity contribution in [1.29, 1.82) is 0 Å². The summed E-state index contributed by atoms with van der Waals surface area (Å²) in [5.74, 6) is -0.362. The van der Waals surface area contributed by atoms with E-state index in [0.717, 1.165) is 5.69 Å². The second-order valence-electron chi connectivity index (χ2n) is 6.26. The lowest BCUT2D eigenvalue weighted by Crippen LogP contribution is -2.41. The minimum atomic E-state index is -3.61. The molecule has 1 aromatic heterocycles. The molecule has 0 saturated carbocycles. The highest BCUT2D eigenvalue weighted by molar-refractivity contribution is 7.89. The molecule has 8 heteroatoms. The SMILES string of the molecule is CC(=O)c1ccc(S(=O)(=O)N2CCC(C(=O)Nc3ccsc3)CC2)cc1. The number of amides is 1. The van der Waals surface area contributed by atoms with Crippen LogP contribution in [0.5, 0.6) is 0 Å². The van der Waals surface area contributed by atoms with Gasteiger partial charge in [0.1, 0.15) is 0 Å². The van der Waals surface area contributed by atoms with E-state index in [-0.39, 0.29) is 22.5 Å². The van der Waals surface area contributed by atoms with Crippen LogP contribution in [0.2, 0.25) is 0 Å². The van der Waals surface area contributed by atoms with Crippen LogP contribution in [0.1, 0.15) is 30.1 Å². The standard InChI is InChI=1S/C18H20N2O4S2/c1-13(21)14-2-4-17(5-3-14)26(23,24)20-9-6-15(7-10-20)18(22)19-16-8-11-25-12-16/h2-5,8,11-12,15H,6-7,9-10H2,1H3,(H,19,22). The number of anilines is 1. The first-order valence-corrected chi connectivity index (χ1v) is 10.7. The van der Waals surface area contributed by atoms with E-state index < -0.39 is 10.0 Å². The molecular weight excluding hydrogens is 372 g/mol. The lowest BCUT2D eigenvalue weighted by molar-refractivity contribution is -0.120. The average molecular weight is 393 g/mol. The fourth-order valence-electron chi connectivity index (χ4n) is 2.95. The summed E-state index contributed by atoms with van der Waals surface area (Å²) in [6, 6.07) is 7.81. The fourth-order valence-corrected chi connectivity index (χ4v) is 5.01. The van der Waals surface area contributed by atoms with Crippen molar-refractivity contribution in [1.82, 2.24) is 4.31 Å². The number of ketones is 1. The summed E-state index contributed by atoms with van der Waals surface area (Å²) in [4.78, 5) is 23.8. The third-order valence-electron chi connectivity index (χ3n) is 4.51. The molecule has 1 aliphatic rings. The predicted molar refractivity (Wildman–Crippen MR) is 101 cm³/mol. The molecule has 0 unspecified atom stereocenters. The molecule has 0 aliphatic carbocycles. The highest BCUT2D eigenvalue weighted by Gasteiger charge is 2.32. The van der Waals surface area contributed by atoms with Crippen molar-refractivity contribution in [3.05, 3.63) is 46.7 Å². The van der Waals surface area contributed by atoms with Crippen molar-refractivity contribution in [3.8, 4) is 0 Å². The van der Waals surface area contributed by atoms with E-state index in [1.165, 1.54) is 46.8 Å². The normalized spacial score (nSPS) is 16.3. The van der Waals surface area contributed by atoms with E-state index in [1.807, 2.05) is 16.8 Å². The van der Waals surface area contributed by atoms with E-state index in [1.54, 1.807) is 0 Å². The fraction of sp³-hybridized carbons (Fsp3) is 0.333. The number of thiophene rings is 1. The summed E-state index contributed by atoms with van der Waals surface area (Å²) in [5.41, 5.74) is 1.26. The van der Waals surface area contributed by atoms with E-state index in [0.29, 0.717) is 31.5 Å². The lowest BCUT2D eigenvalue weighted by atomic mass is 9.97. The number of Topliss-reactive ketones (excluding diaryl/α,β-unsaturated/α-hetero) is 1. The zero-order valence-corrected chi connectivity index (χ0v) is 16.0. The van der Waals surface area contributed by atoms with Gasteiger partial charge in [0.25, 0.3) is 0 Å². The largest absolute Gasteiger partial charge is 0.325 e. The second kappa shape index (κ2) is 7.69. The Morgan fingerprint density at radius 3 is 2.31 bits per heavy atom. The van der Waals surface area contributed by atoms with Crippen LogP contribution >= 0.6 is 11.3 Å². The molecule has 0 bridgehead atoms. The van der Waals surface area contributed by atoms with Gasteiger partial charge in [0, 0.05) is 30.0 Å². The van der Waals surface area contributed by atoms with Crippen molar-refractivity contribution in [2.24, 2.45) is 5.92 Å². The van der Waals surface area contributed by atoms with Crippen molar-refractivity contribution in [3.63, 3.8) is 0 Å². The first kappa shape index (κ1) is 18.8. The van der Waals surface area contributed by atoms with E-state index in [4.69, 9.17) is 0 Å². The summed E-state index contributed by atoms with van der Waals surface area (Å²) >= 11 is 1.51. The van der Waals surface area contributed by atoms with Gasteiger partial charge in [-0.1, -0.05) is 12.1 Å². The van der Waals surface area contributed by atoms with Crippen LogP contribution < -0.4 is 5.32 Å². The van der Waals surface area contributed by atoms with Gasteiger partial charge in [-0.25, -0.2) is 8.42 Å². The number of hydrogen-bond donors (Lipinski definition) is 1. The van der Waals surface area contributed by atoms with Crippen molar-refractivity contribution < 1.29 is 18.0 Å². The Hall–Kier alpha value is -2.03. The molecule has 0 spiro atoms. The Morgan fingerprint density at radius 2 is 1.77 bits per heavy atom. The number of carbonyl (C=O) groups is 2. The Labute approximate surface area is 156 Å². The molecule has 138 valence electrons. The smallest absolute Gasteiger partial charge is 0.243 e. The minimum absolute atomic E-state index is 0.0636. The van der Waals surface area contributed by atoms with Gasteiger partial charge in [0.2, 0.25) is 15.9 Å². The van der Waals surface area contributed by atoms with Crippen molar-refractivity contribution >= 4 is 38.7 Å². The molecule has 26 heavy (non-hydrogen) atoms. The third-order valence-corrected chi connectivity index (χ3v) is 7.11. The molecule has 2 aromatic rings. The van der Waals surface area contributed by atoms with Gasteiger partial charge >= 0.3 is 0 Å².